The number of likely N-dealkylation sites (N-methyl/N-ethyl adjacent to an activating group) is 1. The Morgan fingerprint density at radius 1 is 0.968 bits per heavy atom. The Kier molecular flexibility index (Phi) is 10.1. The lowest BCUT2D eigenvalue weighted by Crippen LogP contribution is -2.45. The molecule has 2 heterocycles. The van der Waals surface area contributed by atoms with Gasteiger partial charge in [-0.25, -0.2) is 0 Å². The van der Waals surface area contributed by atoms with Gasteiger partial charge in [-0.1, -0.05) is 37.6 Å². The maximum Gasteiger partial charge on any atom is 0.191 e. The van der Waals surface area contributed by atoms with Crippen LogP contribution < -0.4 is 10.6 Å². The Labute approximate surface area is 190 Å². The molecular weight excluding hydrogens is 384 g/mol. The molecule has 2 aliphatic heterocycles. The van der Waals surface area contributed by atoms with Crippen molar-refractivity contribution in [2.45, 2.75) is 58.2 Å². The van der Waals surface area contributed by atoms with Crippen LogP contribution in [0, 0.1) is 0 Å². The lowest BCUT2D eigenvalue weighted by atomic mass is 10.0. The number of hydrogen-bond acceptors (Lipinski definition) is 4. The molecule has 1 aromatic carbocycles. The van der Waals surface area contributed by atoms with Crippen molar-refractivity contribution in [2.24, 2.45) is 4.99 Å². The largest absolute Gasteiger partial charge is 0.355 e. The first-order valence-corrected chi connectivity index (χ1v) is 12.3. The third kappa shape index (κ3) is 8.09. The molecule has 2 fully saturated rings. The van der Waals surface area contributed by atoms with E-state index in [-0.39, 0.29) is 0 Å². The molecule has 0 aliphatic carbocycles. The fourth-order valence-corrected chi connectivity index (χ4v) is 4.82. The molecule has 3 rings (SSSR count). The maximum atomic E-state index is 4.40. The summed E-state index contributed by atoms with van der Waals surface area (Å²) in [4.78, 5) is 12.1. The highest BCUT2D eigenvalue weighted by Crippen LogP contribution is 2.18. The van der Waals surface area contributed by atoms with Crippen LogP contribution >= 0.6 is 0 Å². The summed E-state index contributed by atoms with van der Waals surface area (Å²) < 4.78 is 0. The van der Waals surface area contributed by atoms with Crippen LogP contribution in [0.25, 0.3) is 0 Å². The van der Waals surface area contributed by atoms with Crippen molar-refractivity contribution in [3.05, 3.63) is 35.4 Å². The van der Waals surface area contributed by atoms with Gasteiger partial charge in [-0.05, 0) is 63.5 Å². The van der Waals surface area contributed by atoms with Crippen LogP contribution in [0.15, 0.2) is 29.3 Å². The average Bonchev–Trinajstić information content (AvgIpc) is 3.01. The summed E-state index contributed by atoms with van der Waals surface area (Å²) >= 11 is 0. The van der Waals surface area contributed by atoms with Gasteiger partial charge in [0.25, 0.3) is 0 Å². The minimum absolute atomic E-state index is 0.763. The van der Waals surface area contributed by atoms with Crippen LogP contribution in [0.3, 0.4) is 0 Å². The molecule has 6 nitrogen and oxygen atoms in total. The third-order valence-electron chi connectivity index (χ3n) is 6.84. The number of benzene rings is 1. The summed E-state index contributed by atoms with van der Waals surface area (Å²) in [6, 6.07) is 9.82. The van der Waals surface area contributed by atoms with Crippen molar-refractivity contribution < 1.29 is 0 Å². The average molecular weight is 429 g/mol. The van der Waals surface area contributed by atoms with Gasteiger partial charge in [0, 0.05) is 52.4 Å². The third-order valence-corrected chi connectivity index (χ3v) is 6.84. The lowest BCUT2D eigenvalue weighted by molar-refractivity contribution is 0.147. The van der Waals surface area contributed by atoms with Crippen molar-refractivity contribution in [3.8, 4) is 0 Å². The van der Waals surface area contributed by atoms with E-state index in [1.165, 1.54) is 69.4 Å². The summed E-state index contributed by atoms with van der Waals surface area (Å²) in [5.41, 5.74) is 2.70. The monoisotopic (exact) mass is 428 g/mol. The number of aliphatic imine (C=N–C) groups is 1. The number of nitrogens with one attached hydrogen (secondary N) is 2. The van der Waals surface area contributed by atoms with Gasteiger partial charge in [0.15, 0.2) is 5.96 Å². The van der Waals surface area contributed by atoms with Gasteiger partial charge in [-0.2, -0.15) is 0 Å². The summed E-state index contributed by atoms with van der Waals surface area (Å²) in [7, 11) is 4.08. The predicted octanol–water partition coefficient (Wildman–Crippen LogP) is 2.75. The molecule has 0 radical (unpaired) electrons. The molecular formula is C25H44N6. The Bertz CT molecular complexity index is 658. The van der Waals surface area contributed by atoms with E-state index < -0.39 is 0 Å². The van der Waals surface area contributed by atoms with E-state index in [9.17, 15) is 0 Å². The van der Waals surface area contributed by atoms with E-state index in [2.05, 4.69) is 68.6 Å². The predicted molar refractivity (Wildman–Crippen MR) is 132 cm³/mol. The van der Waals surface area contributed by atoms with Crippen LogP contribution in [0.2, 0.25) is 0 Å². The second-order valence-corrected chi connectivity index (χ2v) is 9.20. The lowest BCUT2D eigenvalue weighted by Gasteiger charge is -2.35. The molecule has 1 atom stereocenters. The van der Waals surface area contributed by atoms with E-state index in [0.717, 1.165) is 44.7 Å². The van der Waals surface area contributed by atoms with Gasteiger partial charge in [0.2, 0.25) is 0 Å². The summed E-state index contributed by atoms with van der Waals surface area (Å²) in [5.74, 6) is 0.892. The molecule has 0 spiro atoms. The van der Waals surface area contributed by atoms with Crippen LogP contribution in [0.4, 0.5) is 0 Å². The first-order chi connectivity index (χ1) is 15.2. The van der Waals surface area contributed by atoms with E-state index in [4.69, 9.17) is 0 Å². The molecule has 174 valence electrons. The van der Waals surface area contributed by atoms with Crippen LogP contribution in [-0.2, 0) is 13.1 Å². The van der Waals surface area contributed by atoms with Crippen molar-refractivity contribution in [1.82, 2.24) is 25.3 Å². The Balaban J connectivity index is 1.38. The quantitative estimate of drug-likeness (QED) is 0.492. The molecule has 2 aliphatic rings. The molecule has 0 aromatic heterocycles. The smallest absolute Gasteiger partial charge is 0.191 e. The summed E-state index contributed by atoms with van der Waals surface area (Å²) in [6.07, 6.45) is 6.61. The van der Waals surface area contributed by atoms with Crippen molar-refractivity contribution in [2.75, 3.05) is 59.9 Å². The molecule has 2 N–H and O–H groups in total. The summed E-state index contributed by atoms with van der Waals surface area (Å²) in [6.45, 7) is 12.2. The number of piperidine rings is 1. The normalized spacial score (nSPS) is 22.3. The number of guanidine groups is 1. The molecule has 6 heteroatoms. The minimum atomic E-state index is 0.763. The number of hydrogen-bond donors (Lipinski definition) is 2. The summed E-state index contributed by atoms with van der Waals surface area (Å²) in [5, 5.41) is 6.96. The first kappa shape index (κ1) is 24.0. The Hall–Kier alpha value is -1.63. The second-order valence-electron chi connectivity index (χ2n) is 9.20. The molecule has 1 unspecified atom stereocenters. The van der Waals surface area contributed by atoms with Gasteiger partial charge in [0.1, 0.15) is 0 Å². The van der Waals surface area contributed by atoms with Gasteiger partial charge in [-0.3, -0.25) is 14.8 Å². The Morgan fingerprint density at radius 3 is 2.55 bits per heavy atom. The maximum absolute atomic E-state index is 4.40. The van der Waals surface area contributed by atoms with Crippen molar-refractivity contribution >= 4 is 5.96 Å². The highest BCUT2D eigenvalue weighted by Gasteiger charge is 2.20. The second kappa shape index (κ2) is 13.0. The van der Waals surface area contributed by atoms with Crippen LogP contribution in [0.1, 0.15) is 50.2 Å². The molecule has 0 amide bonds. The molecule has 31 heavy (non-hydrogen) atoms. The first-order valence-electron chi connectivity index (χ1n) is 12.3. The van der Waals surface area contributed by atoms with E-state index in [1.54, 1.807) is 0 Å². The van der Waals surface area contributed by atoms with Crippen molar-refractivity contribution in [1.29, 1.82) is 0 Å². The highest BCUT2D eigenvalue weighted by molar-refractivity contribution is 5.79. The number of nitrogens with zero attached hydrogens (tertiary/aromatic N) is 4. The minimum Gasteiger partial charge on any atom is -0.355 e. The zero-order valence-electron chi connectivity index (χ0n) is 20.1. The topological polar surface area (TPSA) is 46.1 Å². The fraction of sp³-hybridized carbons (Fsp3) is 0.720. The zero-order chi connectivity index (χ0) is 21.9. The van der Waals surface area contributed by atoms with E-state index in [0.29, 0.717) is 0 Å². The fourth-order valence-electron chi connectivity index (χ4n) is 4.82. The Morgan fingerprint density at radius 2 is 1.77 bits per heavy atom. The van der Waals surface area contributed by atoms with E-state index >= 15 is 0 Å². The number of likely N-dealkylation sites (tertiary alicyclic amines) is 1. The van der Waals surface area contributed by atoms with Gasteiger partial charge in [0.05, 0.1) is 0 Å². The molecule has 1 aromatic rings. The van der Waals surface area contributed by atoms with Gasteiger partial charge >= 0.3 is 0 Å². The van der Waals surface area contributed by atoms with Gasteiger partial charge in [-0.15, -0.1) is 0 Å². The standard InChI is InChI=1S/C25H44N6/c1-4-24-8-5-6-16-31(24)17-13-27-25(26-2)28-20-22-9-11-23(12-10-22)21-30-15-7-14-29(3)18-19-30/h9-12,24H,4-8,13-21H2,1-3H3,(H2,26,27,28). The zero-order valence-corrected chi connectivity index (χ0v) is 20.1. The van der Waals surface area contributed by atoms with E-state index in [1.807, 2.05) is 7.05 Å². The van der Waals surface area contributed by atoms with Crippen molar-refractivity contribution in [3.63, 3.8) is 0 Å². The SMILES string of the molecule is CCC1CCCCN1CCNC(=NC)NCc1ccc(CN2CCCN(C)CC2)cc1. The number of rotatable bonds is 8. The van der Waals surface area contributed by atoms with Crippen LogP contribution in [0.5, 0.6) is 0 Å². The molecule has 2 saturated heterocycles. The van der Waals surface area contributed by atoms with Crippen LogP contribution in [-0.4, -0.2) is 86.6 Å². The highest BCUT2D eigenvalue weighted by atomic mass is 15.2. The van der Waals surface area contributed by atoms with Gasteiger partial charge < -0.3 is 15.5 Å². The molecule has 0 saturated carbocycles. The molecule has 0 bridgehead atoms.